The number of nitrogens with one attached hydrogen (secondary N) is 1. The quantitative estimate of drug-likeness (QED) is 0.815. The summed E-state index contributed by atoms with van der Waals surface area (Å²) in [6.45, 7) is 2.11. The molecule has 1 heterocycles. The molecule has 0 unspecified atom stereocenters. The topological polar surface area (TPSA) is 19.0 Å². The lowest BCUT2D eigenvalue weighted by Gasteiger charge is -2.14. The Kier molecular flexibility index (Phi) is 3.06. The Morgan fingerprint density at radius 3 is 2.69 bits per heavy atom. The smallest absolute Gasteiger partial charge is 0.0682 e. The Balaban J connectivity index is 2.41. The molecule has 82 valence electrons. The van der Waals surface area contributed by atoms with E-state index in [-0.39, 0.29) is 0 Å². The predicted molar refractivity (Wildman–Crippen MR) is 73.0 cm³/mol. The van der Waals surface area contributed by atoms with E-state index in [2.05, 4.69) is 36.2 Å². The maximum absolute atomic E-state index is 4.91. The second kappa shape index (κ2) is 4.49. The molecule has 0 atom stereocenters. The van der Waals surface area contributed by atoms with E-state index < -0.39 is 0 Å². The zero-order chi connectivity index (χ0) is 11.5. The van der Waals surface area contributed by atoms with Gasteiger partial charge in [-0.3, -0.25) is 0 Å². The third-order valence-corrected chi connectivity index (χ3v) is 2.98. The largest absolute Gasteiger partial charge is 0.361 e. The summed E-state index contributed by atoms with van der Waals surface area (Å²) in [5.41, 5.74) is 6.37. The fourth-order valence-corrected chi connectivity index (χ4v) is 1.85. The third-order valence-electron chi connectivity index (χ3n) is 2.66. The number of hydrogen-bond acceptors (Lipinski definition) is 1. The maximum Gasteiger partial charge on any atom is 0.0682 e. The van der Waals surface area contributed by atoms with Crippen molar-refractivity contribution in [3.8, 4) is 11.3 Å². The minimum Gasteiger partial charge on any atom is -0.361 e. The van der Waals surface area contributed by atoms with Gasteiger partial charge >= 0.3 is 0 Å². The zero-order valence-electron chi connectivity index (χ0n) is 9.40. The summed E-state index contributed by atoms with van der Waals surface area (Å²) < 4.78 is 0. The molecule has 1 aromatic heterocycles. The van der Waals surface area contributed by atoms with Crippen LogP contribution >= 0.6 is 12.2 Å². The van der Waals surface area contributed by atoms with Gasteiger partial charge < -0.3 is 9.88 Å². The SMILES string of the molecule is Cc1cc(N(C)C=S)ccc1-c1ccc[nH]1. The fraction of sp³-hybridized carbons (Fsp3) is 0.154. The normalized spacial score (nSPS) is 10.1. The van der Waals surface area contributed by atoms with Crippen molar-refractivity contribution in [2.24, 2.45) is 0 Å². The Morgan fingerprint density at radius 2 is 2.12 bits per heavy atom. The number of aryl methyl sites for hydroxylation is 1. The van der Waals surface area contributed by atoms with E-state index in [9.17, 15) is 0 Å². The highest BCUT2D eigenvalue weighted by Crippen LogP contribution is 2.25. The third kappa shape index (κ3) is 1.99. The number of anilines is 1. The standard InChI is InChI=1S/C13H14N2S/c1-10-8-11(15(2)9-16)5-6-12(10)13-4-3-7-14-13/h3-9,14H,1-2H3. The van der Waals surface area contributed by atoms with Gasteiger partial charge in [-0.15, -0.1) is 0 Å². The molecule has 2 nitrogen and oxygen atoms in total. The van der Waals surface area contributed by atoms with E-state index in [0.717, 1.165) is 11.4 Å². The number of hydrogen-bond donors (Lipinski definition) is 1. The average molecular weight is 230 g/mol. The van der Waals surface area contributed by atoms with Crippen molar-refractivity contribution in [2.75, 3.05) is 11.9 Å². The molecule has 0 radical (unpaired) electrons. The van der Waals surface area contributed by atoms with E-state index in [1.807, 2.05) is 24.2 Å². The molecule has 0 fully saturated rings. The van der Waals surface area contributed by atoms with Crippen LogP contribution in [0.1, 0.15) is 5.56 Å². The molecule has 0 aliphatic heterocycles. The van der Waals surface area contributed by atoms with Crippen LogP contribution in [0.25, 0.3) is 11.3 Å². The molecule has 2 aromatic rings. The Bertz CT molecular complexity index is 489. The van der Waals surface area contributed by atoms with Crippen LogP contribution in [0.3, 0.4) is 0 Å². The molecule has 1 N–H and O–H groups in total. The van der Waals surface area contributed by atoms with Crippen LogP contribution in [0.4, 0.5) is 5.69 Å². The highest BCUT2D eigenvalue weighted by atomic mass is 32.1. The van der Waals surface area contributed by atoms with Crippen LogP contribution in [0, 0.1) is 6.92 Å². The lowest BCUT2D eigenvalue weighted by Crippen LogP contribution is -2.12. The van der Waals surface area contributed by atoms with Gasteiger partial charge in [0.25, 0.3) is 0 Å². The molecule has 1 aromatic carbocycles. The van der Waals surface area contributed by atoms with Gasteiger partial charge in [0.2, 0.25) is 0 Å². The van der Waals surface area contributed by atoms with Gasteiger partial charge in [0.1, 0.15) is 0 Å². The minimum atomic E-state index is 1.11. The molecule has 3 heteroatoms. The first-order chi connectivity index (χ1) is 7.72. The molecule has 0 saturated carbocycles. The Morgan fingerprint density at radius 1 is 1.31 bits per heavy atom. The molecule has 16 heavy (non-hydrogen) atoms. The summed E-state index contributed by atoms with van der Waals surface area (Å²) in [5, 5.41) is 0. The molecule has 0 aliphatic carbocycles. The van der Waals surface area contributed by atoms with E-state index in [4.69, 9.17) is 12.2 Å². The number of nitrogens with zero attached hydrogens (tertiary/aromatic N) is 1. The first-order valence-corrected chi connectivity index (χ1v) is 5.62. The monoisotopic (exact) mass is 230 g/mol. The van der Waals surface area contributed by atoms with Gasteiger partial charge in [0.05, 0.1) is 5.49 Å². The lowest BCUT2D eigenvalue weighted by atomic mass is 10.0. The molecule has 0 spiro atoms. The van der Waals surface area contributed by atoms with E-state index in [0.29, 0.717) is 0 Å². The van der Waals surface area contributed by atoms with Gasteiger partial charge in [-0.1, -0.05) is 18.3 Å². The van der Waals surface area contributed by atoms with Crippen molar-refractivity contribution in [1.82, 2.24) is 4.98 Å². The van der Waals surface area contributed by atoms with Gasteiger partial charge in [-0.05, 0) is 36.8 Å². The molecule has 0 saturated heterocycles. The molecule has 0 bridgehead atoms. The molecule has 0 amide bonds. The molecular formula is C13H14N2S. The fourth-order valence-electron chi connectivity index (χ4n) is 1.73. The number of benzene rings is 1. The predicted octanol–water partition coefficient (Wildman–Crippen LogP) is 3.38. The number of aromatic amines is 1. The van der Waals surface area contributed by atoms with Crippen LogP contribution in [-0.4, -0.2) is 17.5 Å². The Hall–Kier alpha value is -1.61. The minimum absolute atomic E-state index is 1.11. The maximum atomic E-state index is 4.91. The Labute approximate surface area is 101 Å². The summed E-state index contributed by atoms with van der Waals surface area (Å²) >= 11 is 4.91. The first kappa shape index (κ1) is 10.9. The highest BCUT2D eigenvalue weighted by Gasteiger charge is 2.04. The second-order valence-corrected chi connectivity index (χ2v) is 4.01. The first-order valence-electron chi connectivity index (χ1n) is 5.15. The summed E-state index contributed by atoms with van der Waals surface area (Å²) in [5.74, 6) is 0. The highest BCUT2D eigenvalue weighted by molar-refractivity contribution is 7.79. The van der Waals surface area contributed by atoms with Gasteiger partial charge in [0.15, 0.2) is 0 Å². The van der Waals surface area contributed by atoms with Crippen LogP contribution in [0.15, 0.2) is 36.5 Å². The van der Waals surface area contributed by atoms with E-state index in [1.54, 1.807) is 5.49 Å². The van der Waals surface area contributed by atoms with Gasteiger partial charge in [-0.25, -0.2) is 0 Å². The van der Waals surface area contributed by atoms with Crippen LogP contribution in [-0.2, 0) is 0 Å². The van der Waals surface area contributed by atoms with Gasteiger partial charge in [0, 0.05) is 30.2 Å². The number of thiocarbonyl (C=S) groups is 1. The number of rotatable bonds is 3. The van der Waals surface area contributed by atoms with Crippen molar-refractivity contribution in [2.45, 2.75) is 6.92 Å². The number of aromatic nitrogens is 1. The van der Waals surface area contributed by atoms with Crippen LogP contribution in [0.2, 0.25) is 0 Å². The second-order valence-electron chi connectivity index (χ2n) is 3.80. The van der Waals surface area contributed by atoms with E-state index >= 15 is 0 Å². The van der Waals surface area contributed by atoms with Crippen molar-refractivity contribution >= 4 is 23.4 Å². The summed E-state index contributed by atoms with van der Waals surface area (Å²) in [6.07, 6.45) is 1.94. The lowest BCUT2D eigenvalue weighted by molar-refractivity contribution is 1.29. The zero-order valence-corrected chi connectivity index (χ0v) is 10.2. The summed E-state index contributed by atoms with van der Waals surface area (Å²) in [7, 11) is 1.95. The molecular weight excluding hydrogens is 216 g/mol. The van der Waals surface area contributed by atoms with Crippen molar-refractivity contribution in [3.63, 3.8) is 0 Å². The van der Waals surface area contributed by atoms with Gasteiger partial charge in [-0.2, -0.15) is 0 Å². The average Bonchev–Trinajstić information content (AvgIpc) is 2.81. The molecule has 2 rings (SSSR count). The van der Waals surface area contributed by atoms with Crippen molar-refractivity contribution < 1.29 is 0 Å². The number of H-pyrrole nitrogens is 1. The van der Waals surface area contributed by atoms with Crippen molar-refractivity contribution in [3.05, 3.63) is 42.1 Å². The van der Waals surface area contributed by atoms with Crippen molar-refractivity contribution in [1.29, 1.82) is 0 Å². The van der Waals surface area contributed by atoms with Crippen LogP contribution in [0.5, 0.6) is 0 Å². The van der Waals surface area contributed by atoms with Crippen LogP contribution < -0.4 is 4.90 Å². The molecule has 0 aliphatic rings. The summed E-state index contributed by atoms with van der Waals surface area (Å²) in [6, 6.07) is 10.4. The summed E-state index contributed by atoms with van der Waals surface area (Å²) in [4.78, 5) is 5.15. The van der Waals surface area contributed by atoms with E-state index in [1.165, 1.54) is 11.1 Å².